The van der Waals surface area contributed by atoms with Gasteiger partial charge in [-0.2, -0.15) is 0 Å². The van der Waals surface area contributed by atoms with Gasteiger partial charge in [-0.1, -0.05) is 192 Å². The van der Waals surface area contributed by atoms with E-state index in [0.717, 1.165) is 81.9 Å². The zero-order valence-corrected chi connectivity index (χ0v) is 88.9. The van der Waals surface area contributed by atoms with E-state index in [1.165, 1.54) is 308 Å². The van der Waals surface area contributed by atoms with Crippen LogP contribution in [-0.4, -0.2) is 315 Å². The minimum absolute atomic E-state index is 0.666. The van der Waals surface area contributed by atoms with Crippen molar-refractivity contribution in [1.29, 1.82) is 0 Å². The molecule has 0 spiro atoms. The van der Waals surface area contributed by atoms with E-state index in [1.54, 1.807) is 5.56 Å². The van der Waals surface area contributed by atoms with E-state index in [1.807, 2.05) is 0 Å². The number of para-hydroxylation sites is 1. The van der Waals surface area contributed by atoms with Gasteiger partial charge in [0.25, 0.3) is 0 Å². The first kappa shape index (κ1) is 114. The SMILES string of the molecule is CC1CN(C)Cc2ccccc21.CCC1=CCCCN1C.CCC1CCCCCN1C.CCC1CCCCN1C.CCC1CCCN1C.CCC1CCN1C.CCC1CN(C)CCN1C.CCC1CNCCN1C.CCC1COCCN1C.CCc1ccccc1C1CCCN1C.CCc1cccn1C.Cc1cccc2c1N(C)CC2.Cc1ccccc1C1CCCN1C. The van der Waals surface area contributed by atoms with Crippen molar-refractivity contribution >= 4 is 5.69 Å². The molecule has 9 saturated heterocycles. The van der Waals surface area contributed by atoms with Crippen molar-refractivity contribution in [2.24, 2.45) is 7.05 Å². The van der Waals surface area contributed by atoms with Crippen molar-refractivity contribution < 1.29 is 4.74 Å². The number of hydrogen-bond donors (Lipinski definition) is 1. The molecule has 13 heterocycles. The Morgan fingerprint density at radius 2 is 0.860 bits per heavy atom. The van der Waals surface area contributed by atoms with E-state index in [9.17, 15) is 0 Å². The molecule has 129 heavy (non-hydrogen) atoms. The van der Waals surface area contributed by atoms with Crippen molar-refractivity contribution in [2.75, 3.05) is 214 Å². The molecule has 10 unspecified atom stereocenters. The van der Waals surface area contributed by atoms with E-state index in [2.05, 4.69) is 378 Å². The summed E-state index contributed by atoms with van der Waals surface area (Å²) >= 11 is 0. The van der Waals surface area contributed by atoms with Crippen molar-refractivity contribution in [2.45, 2.75) is 330 Å². The number of piperidine rings is 1. The number of nitrogens with one attached hydrogen (secondary N) is 1. The second kappa shape index (κ2) is 65.6. The highest BCUT2D eigenvalue weighted by Crippen LogP contribution is 2.35. The topological polar surface area (TPSA) is 68.3 Å². The smallest absolute Gasteiger partial charge is 0.0622 e. The van der Waals surface area contributed by atoms with Gasteiger partial charge in [-0.15, -0.1) is 0 Å². The number of nitrogens with zero attached hydrogens (tertiary/aromatic N) is 14. The van der Waals surface area contributed by atoms with Gasteiger partial charge in [-0.05, 0) is 347 Å². The Morgan fingerprint density at radius 3 is 1.33 bits per heavy atom. The Hall–Kier alpha value is -5.02. The Bertz CT molecular complexity index is 3620. The Kier molecular flexibility index (Phi) is 58.2. The highest BCUT2D eigenvalue weighted by Gasteiger charge is 2.28. The van der Waals surface area contributed by atoms with Crippen LogP contribution in [0.1, 0.15) is 298 Å². The van der Waals surface area contributed by atoms with Crippen LogP contribution in [0.3, 0.4) is 0 Å². The molecule has 736 valence electrons. The Balaban J connectivity index is 0.000000249. The molecule has 0 saturated carbocycles. The summed E-state index contributed by atoms with van der Waals surface area (Å²) in [6.45, 7) is 51.8. The molecule has 1 aromatic heterocycles. The third-order valence-electron chi connectivity index (χ3n) is 30.4. The number of likely N-dealkylation sites (N-methyl/N-ethyl adjacent to an activating group) is 6. The number of hydrogen-bond acceptors (Lipinski definition) is 15. The van der Waals surface area contributed by atoms with Gasteiger partial charge in [0.2, 0.25) is 0 Å². The largest absolute Gasteiger partial charge is 0.378 e. The molecule has 4 aromatic carbocycles. The fourth-order valence-electron chi connectivity index (χ4n) is 21.0. The number of likely N-dealkylation sites (tertiary alicyclic amines) is 6. The van der Waals surface area contributed by atoms with Gasteiger partial charge in [0.05, 0.1) is 13.2 Å². The van der Waals surface area contributed by atoms with Crippen LogP contribution in [0.25, 0.3) is 0 Å². The van der Waals surface area contributed by atoms with Crippen molar-refractivity contribution in [3.63, 3.8) is 0 Å². The average Bonchev–Trinajstić information content (AvgIpc) is 1.50. The number of rotatable bonds is 12. The van der Waals surface area contributed by atoms with E-state index < -0.39 is 0 Å². The molecule has 12 aliphatic heterocycles. The monoisotopic (exact) mass is 1790 g/mol. The summed E-state index contributed by atoms with van der Waals surface area (Å²) in [5.74, 6) is 0.694. The van der Waals surface area contributed by atoms with Crippen molar-refractivity contribution in [3.8, 4) is 0 Å². The van der Waals surface area contributed by atoms with E-state index in [4.69, 9.17) is 4.74 Å². The predicted octanol–water partition coefficient (Wildman–Crippen LogP) is 22.0. The number of fused-ring (bicyclic) bond motifs is 2. The van der Waals surface area contributed by atoms with Crippen LogP contribution in [-0.2, 0) is 37.6 Å². The maximum absolute atomic E-state index is 5.30. The number of ether oxygens (including phenoxy) is 1. The summed E-state index contributed by atoms with van der Waals surface area (Å²) in [7, 11) is 30.8. The zero-order chi connectivity index (χ0) is 94.6. The van der Waals surface area contributed by atoms with Gasteiger partial charge in [-0.3, -0.25) is 14.7 Å². The molecule has 16 nitrogen and oxygen atoms in total. The Morgan fingerprint density at radius 1 is 0.357 bits per heavy atom. The van der Waals surface area contributed by atoms with Crippen LogP contribution in [0.2, 0.25) is 0 Å². The van der Waals surface area contributed by atoms with Gasteiger partial charge in [-0.25, -0.2) is 0 Å². The van der Waals surface area contributed by atoms with Gasteiger partial charge in [0, 0.05) is 171 Å². The number of aromatic nitrogens is 1. The standard InChI is InChI=1S/C13H19N.C12H17N.C11H15N.C10H13N.C9H19N.C8H18N2.C8H17N.C8H15N.C7H16N2.C7H15NO.C7H15N.C7H11N.C6H13N/c1-3-11-7-4-5-8-12(11)13-9-6-10-14(13)2;1-10-6-3-4-7-11(10)12-8-5-9-13(12)2;1-9-7-12(2)8-10-5-3-4-6-11(9)10;1-8-4-3-5-9-6-7-11(2)10(8)9;1-3-9-7-5-4-6-8-10(9)2;1-4-8-7-9(2)5-6-10(8)3;2*1-3-8-6-4-5-7-9(8)2;1-3-7-6-8-4-5-9(7)2;1-3-7-6-9-5-4-8(7)2;2*1-3-7-5-4-6-8(7)2;1-3-6-4-5-7(6)2/h4-5,7-8,13H,3,6,9-10H2,1-2H3;3-4,6-7,12H,5,8-9H2,1-2H3;3-6,9H,7-8H2,1-2H3;3-5H,6-7H2,1-2H3;9H,3-8H2,1-2H3;8H,4-7H2,1-3H3;8H,3-7H2,1-2H3;6H,3-5,7H2,1-2H3;7-8H,3-6H2,1-2H3;7H,3-6H2,1-2H3;7H,3-6H2,1-2H3;4-6H,3H2,1-2H3;6H,3-5H2,1-2H3. The second-order valence-corrected chi connectivity index (χ2v) is 39.9. The lowest BCUT2D eigenvalue weighted by Crippen LogP contribution is -2.49. The predicted molar refractivity (Wildman–Crippen MR) is 565 cm³/mol. The molecule has 17 rings (SSSR count). The minimum Gasteiger partial charge on any atom is -0.378 e. The molecular weight excluding hydrogens is 1580 g/mol. The maximum Gasteiger partial charge on any atom is 0.0622 e. The van der Waals surface area contributed by atoms with Crippen LogP contribution in [0, 0.1) is 13.8 Å². The molecule has 1 N–H and O–H groups in total. The van der Waals surface area contributed by atoms with E-state index >= 15 is 0 Å². The summed E-state index contributed by atoms with van der Waals surface area (Å²) in [4.78, 5) is 31.5. The number of aryl methyl sites for hydroxylation is 5. The third kappa shape index (κ3) is 41.2. The summed E-state index contributed by atoms with van der Waals surface area (Å²) in [5.41, 5.74) is 16.3. The number of allylic oxidation sites excluding steroid dienone is 2. The van der Waals surface area contributed by atoms with Gasteiger partial charge in [0.15, 0.2) is 0 Å². The molecule has 0 amide bonds. The molecule has 12 aliphatic rings. The lowest BCUT2D eigenvalue weighted by molar-refractivity contribution is 0.00477. The number of anilines is 1. The molecule has 0 aliphatic carbocycles. The maximum atomic E-state index is 5.30. The first-order valence-electron chi connectivity index (χ1n) is 52.6. The number of morpholine rings is 1. The normalized spacial score (nSPS) is 25.2. The van der Waals surface area contributed by atoms with Crippen LogP contribution < -0.4 is 10.2 Å². The first-order chi connectivity index (χ1) is 62.1. The van der Waals surface area contributed by atoms with Crippen molar-refractivity contribution in [1.82, 2.24) is 68.7 Å². The minimum atomic E-state index is 0.666. The van der Waals surface area contributed by atoms with Crippen LogP contribution in [0.4, 0.5) is 5.69 Å². The van der Waals surface area contributed by atoms with Crippen LogP contribution in [0.15, 0.2) is 121 Å². The zero-order valence-electron chi connectivity index (χ0n) is 88.9. The summed E-state index contributed by atoms with van der Waals surface area (Å²) in [6, 6.07) is 44.3. The van der Waals surface area contributed by atoms with Crippen LogP contribution in [0.5, 0.6) is 0 Å². The Labute approximate surface area is 797 Å². The molecule has 16 heteroatoms. The lowest BCUT2D eigenvalue weighted by Gasteiger charge is -2.37. The molecule has 5 aromatic rings. The molecule has 9 fully saturated rings. The molecule has 0 radical (unpaired) electrons. The first-order valence-corrected chi connectivity index (χ1v) is 52.6. The quantitative estimate of drug-likeness (QED) is 0.129. The van der Waals surface area contributed by atoms with Gasteiger partial charge < -0.3 is 63.6 Å². The fraction of sp³-hybridized carbons (Fsp3) is 0.735. The fourth-order valence-corrected chi connectivity index (χ4v) is 21.0. The van der Waals surface area contributed by atoms with Gasteiger partial charge in [0.1, 0.15) is 0 Å². The second-order valence-electron chi connectivity index (χ2n) is 39.9. The van der Waals surface area contributed by atoms with Crippen molar-refractivity contribution in [3.05, 3.63) is 171 Å². The van der Waals surface area contributed by atoms with E-state index in [-0.39, 0.29) is 0 Å². The average molecular weight is 1790 g/mol. The van der Waals surface area contributed by atoms with Gasteiger partial charge >= 0.3 is 0 Å². The third-order valence-corrected chi connectivity index (χ3v) is 30.4. The highest BCUT2D eigenvalue weighted by molar-refractivity contribution is 5.62. The summed E-state index contributed by atoms with van der Waals surface area (Å²) < 4.78 is 7.44. The molecule has 0 bridgehead atoms. The summed E-state index contributed by atoms with van der Waals surface area (Å²) in [5, 5.41) is 3.37. The molecule has 10 atom stereocenters. The summed E-state index contributed by atoms with van der Waals surface area (Å²) in [6.07, 6.45) is 40.4. The van der Waals surface area contributed by atoms with Crippen LogP contribution >= 0.6 is 0 Å². The number of benzene rings is 4. The van der Waals surface area contributed by atoms with E-state index in [0.29, 0.717) is 24.0 Å². The lowest BCUT2D eigenvalue weighted by atomic mass is 9.92. The molecular formula is C113H203N15O. The number of piperazine rings is 2. The highest BCUT2D eigenvalue weighted by atomic mass is 16.5.